The largest absolute Gasteiger partial charge is 0.377 e. The predicted octanol–water partition coefficient (Wildman–Crippen LogP) is 0.238. The van der Waals surface area contributed by atoms with Gasteiger partial charge in [-0.1, -0.05) is 12.1 Å². The number of hydrogen-bond donors (Lipinski definition) is 1. The average molecular weight is 253 g/mol. The molecule has 0 saturated carbocycles. The summed E-state index contributed by atoms with van der Waals surface area (Å²) in [5.74, 6) is 0. The molecule has 1 unspecified atom stereocenters. The smallest absolute Gasteiger partial charge is 0.0962 e. The Kier molecular flexibility index (Phi) is 5.10. The summed E-state index contributed by atoms with van der Waals surface area (Å²) in [5, 5.41) is 8.04. The molecule has 1 aliphatic heterocycles. The van der Waals surface area contributed by atoms with E-state index in [1.165, 1.54) is 12.8 Å². The van der Waals surface area contributed by atoms with Crippen LogP contribution < -0.4 is 5.73 Å². The van der Waals surface area contributed by atoms with Crippen LogP contribution in [0.15, 0.2) is 6.20 Å². The van der Waals surface area contributed by atoms with Crippen LogP contribution in [0.5, 0.6) is 0 Å². The summed E-state index contributed by atoms with van der Waals surface area (Å²) in [4.78, 5) is 2.40. The maximum Gasteiger partial charge on any atom is 0.0962 e. The third-order valence-electron chi connectivity index (χ3n) is 3.37. The number of aromatic nitrogens is 3. The fourth-order valence-electron chi connectivity index (χ4n) is 2.24. The van der Waals surface area contributed by atoms with Gasteiger partial charge in [0.15, 0.2) is 0 Å². The molecule has 0 aromatic carbocycles. The number of hydrogen-bond acceptors (Lipinski definition) is 5. The van der Waals surface area contributed by atoms with Crippen LogP contribution in [-0.2, 0) is 17.8 Å². The fraction of sp³-hybridized carbons (Fsp3) is 0.833. The highest BCUT2D eigenvalue weighted by Crippen LogP contribution is 2.13. The van der Waals surface area contributed by atoms with Crippen LogP contribution >= 0.6 is 0 Å². The zero-order valence-electron chi connectivity index (χ0n) is 11.1. The van der Waals surface area contributed by atoms with Crippen molar-refractivity contribution in [1.29, 1.82) is 0 Å². The van der Waals surface area contributed by atoms with Crippen molar-refractivity contribution in [3.05, 3.63) is 11.9 Å². The molecule has 6 heteroatoms. The van der Waals surface area contributed by atoms with E-state index in [-0.39, 0.29) is 0 Å². The fourth-order valence-corrected chi connectivity index (χ4v) is 2.24. The highest BCUT2D eigenvalue weighted by Gasteiger charge is 2.18. The Bertz CT molecular complexity index is 348. The van der Waals surface area contributed by atoms with Crippen molar-refractivity contribution < 1.29 is 4.74 Å². The lowest BCUT2D eigenvalue weighted by Crippen LogP contribution is -2.34. The summed E-state index contributed by atoms with van der Waals surface area (Å²) in [6.45, 7) is 7.45. The number of ether oxygens (including phenoxy) is 1. The molecule has 0 bridgehead atoms. The lowest BCUT2D eigenvalue weighted by Gasteiger charge is -2.23. The predicted molar refractivity (Wildman–Crippen MR) is 69.0 cm³/mol. The molecule has 0 amide bonds. The SMILES string of the molecule is CCN(CCn1cc(CN)nn1)CC1CCCO1. The molecule has 1 fully saturated rings. The number of likely N-dealkylation sites (N-methyl/N-ethyl adjacent to an activating group) is 1. The first kappa shape index (κ1) is 13.5. The lowest BCUT2D eigenvalue weighted by molar-refractivity contribution is 0.0733. The quantitative estimate of drug-likeness (QED) is 0.753. The number of rotatable bonds is 7. The highest BCUT2D eigenvalue weighted by molar-refractivity contribution is 4.90. The summed E-state index contributed by atoms with van der Waals surface area (Å²) in [5.41, 5.74) is 6.36. The molecule has 1 aliphatic rings. The number of nitrogens with zero attached hydrogens (tertiary/aromatic N) is 4. The molecule has 102 valence electrons. The third kappa shape index (κ3) is 3.76. The maximum atomic E-state index is 5.67. The Morgan fingerprint density at radius 1 is 1.61 bits per heavy atom. The van der Waals surface area contributed by atoms with Gasteiger partial charge in [-0.15, -0.1) is 5.10 Å². The topological polar surface area (TPSA) is 69.2 Å². The van der Waals surface area contributed by atoms with E-state index in [0.29, 0.717) is 12.6 Å². The third-order valence-corrected chi connectivity index (χ3v) is 3.37. The Morgan fingerprint density at radius 2 is 2.50 bits per heavy atom. The first-order chi connectivity index (χ1) is 8.81. The minimum atomic E-state index is 0.417. The first-order valence-corrected chi connectivity index (χ1v) is 6.75. The standard InChI is InChI=1S/C12H23N5O/c1-2-16(10-12-4-3-7-18-12)5-6-17-9-11(8-13)14-15-17/h9,12H,2-8,10,13H2,1H3. The molecule has 0 aliphatic carbocycles. The molecule has 2 N–H and O–H groups in total. The van der Waals surface area contributed by atoms with Crippen molar-refractivity contribution >= 4 is 0 Å². The normalized spacial score (nSPS) is 19.8. The summed E-state index contributed by atoms with van der Waals surface area (Å²) in [7, 11) is 0. The molecule has 0 radical (unpaired) electrons. The van der Waals surface area contributed by atoms with Gasteiger partial charge in [0.05, 0.1) is 18.3 Å². The molecule has 2 rings (SSSR count). The summed E-state index contributed by atoms with van der Waals surface area (Å²) < 4.78 is 7.53. The van der Waals surface area contributed by atoms with Gasteiger partial charge in [-0.25, -0.2) is 0 Å². The van der Waals surface area contributed by atoms with E-state index >= 15 is 0 Å². The van der Waals surface area contributed by atoms with Crippen LogP contribution in [-0.4, -0.2) is 52.2 Å². The lowest BCUT2D eigenvalue weighted by atomic mass is 10.2. The van der Waals surface area contributed by atoms with Gasteiger partial charge in [-0.05, 0) is 19.4 Å². The van der Waals surface area contributed by atoms with Crippen LogP contribution in [0.3, 0.4) is 0 Å². The second-order valence-corrected chi connectivity index (χ2v) is 4.71. The van der Waals surface area contributed by atoms with Gasteiger partial charge in [0.2, 0.25) is 0 Å². The van der Waals surface area contributed by atoms with Gasteiger partial charge < -0.3 is 10.5 Å². The van der Waals surface area contributed by atoms with Crippen molar-refractivity contribution in [3.63, 3.8) is 0 Å². The summed E-state index contributed by atoms with van der Waals surface area (Å²) in [6, 6.07) is 0. The van der Waals surface area contributed by atoms with E-state index in [1.807, 2.05) is 10.9 Å². The molecule has 1 aromatic rings. The van der Waals surface area contributed by atoms with E-state index in [4.69, 9.17) is 10.5 Å². The molecule has 1 aromatic heterocycles. The van der Waals surface area contributed by atoms with Crippen molar-refractivity contribution in [2.75, 3.05) is 26.2 Å². The minimum Gasteiger partial charge on any atom is -0.377 e. The van der Waals surface area contributed by atoms with Crippen molar-refractivity contribution in [2.45, 2.75) is 39.0 Å². The Hall–Kier alpha value is -0.980. The second-order valence-electron chi connectivity index (χ2n) is 4.71. The van der Waals surface area contributed by atoms with Crippen LogP contribution in [0.4, 0.5) is 0 Å². The Balaban J connectivity index is 1.75. The van der Waals surface area contributed by atoms with E-state index in [2.05, 4.69) is 22.1 Å². The molecule has 0 spiro atoms. The second kappa shape index (κ2) is 6.82. The molecule has 1 saturated heterocycles. The van der Waals surface area contributed by atoms with Gasteiger partial charge in [-0.2, -0.15) is 0 Å². The van der Waals surface area contributed by atoms with Gasteiger partial charge in [0, 0.05) is 32.4 Å². The Labute approximate surface area is 108 Å². The van der Waals surface area contributed by atoms with Gasteiger partial charge in [0.25, 0.3) is 0 Å². The van der Waals surface area contributed by atoms with Gasteiger partial charge in [0.1, 0.15) is 0 Å². The monoisotopic (exact) mass is 253 g/mol. The molecule has 1 atom stereocenters. The van der Waals surface area contributed by atoms with E-state index in [1.54, 1.807) is 0 Å². The summed E-state index contributed by atoms with van der Waals surface area (Å²) >= 11 is 0. The zero-order chi connectivity index (χ0) is 12.8. The number of nitrogens with two attached hydrogens (primary N) is 1. The molecular formula is C12H23N5O. The first-order valence-electron chi connectivity index (χ1n) is 6.75. The van der Waals surface area contributed by atoms with Gasteiger partial charge in [-0.3, -0.25) is 9.58 Å². The summed E-state index contributed by atoms with van der Waals surface area (Å²) in [6.07, 6.45) is 4.72. The van der Waals surface area contributed by atoms with Crippen molar-refractivity contribution in [3.8, 4) is 0 Å². The molecule has 2 heterocycles. The highest BCUT2D eigenvalue weighted by atomic mass is 16.5. The van der Waals surface area contributed by atoms with Crippen LogP contribution in [0.25, 0.3) is 0 Å². The van der Waals surface area contributed by atoms with Crippen LogP contribution in [0, 0.1) is 0 Å². The zero-order valence-corrected chi connectivity index (χ0v) is 11.1. The molecule has 18 heavy (non-hydrogen) atoms. The van der Waals surface area contributed by atoms with Crippen LogP contribution in [0.1, 0.15) is 25.5 Å². The minimum absolute atomic E-state index is 0.417. The molecular weight excluding hydrogens is 230 g/mol. The average Bonchev–Trinajstić information content (AvgIpc) is 3.05. The van der Waals surface area contributed by atoms with Crippen molar-refractivity contribution in [1.82, 2.24) is 19.9 Å². The molecule has 6 nitrogen and oxygen atoms in total. The Morgan fingerprint density at radius 3 is 3.11 bits per heavy atom. The van der Waals surface area contributed by atoms with E-state index in [9.17, 15) is 0 Å². The van der Waals surface area contributed by atoms with Crippen LogP contribution in [0.2, 0.25) is 0 Å². The maximum absolute atomic E-state index is 5.67. The van der Waals surface area contributed by atoms with E-state index in [0.717, 1.165) is 38.5 Å². The van der Waals surface area contributed by atoms with E-state index < -0.39 is 0 Å². The van der Waals surface area contributed by atoms with Crippen molar-refractivity contribution in [2.24, 2.45) is 5.73 Å². The van der Waals surface area contributed by atoms with Gasteiger partial charge >= 0.3 is 0 Å².